The Kier molecular flexibility index (Phi) is 6.89. The number of fused-ring (bicyclic) bond motifs is 1. The third kappa shape index (κ3) is 4.77. The number of nitrogens with one attached hydrogen (secondary N) is 1. The van der Waals surface area contributed by atoms with Crippen LogP contribution in [0.15, 0.2) is 59.6 Å². The lowest BCUT2D eigenvalue weighted by Gasteiger charge is -2.23. The van der Waals surface area contributed by atoms with Crippen LogP contribution in [0.25, 0.3) is 0 Å². The zero-order chi connectivity index (χ0) is 20.6. The Bertz CT molecular complexity index is 909. The average Bonchev–Trinajstić information content (AvgIpc) is 2.85. The van der Waals surface area contributed by atoms with Crippen LogP contribution in [-0.2, 0) is 14.4 Å². The molecular weight excluding hydrogens is 366 g/mol. The van der Waals surface area contributed by atoms with Crippen molar-refractivity contribution in [3.8, 4) is 0 Å². The van der Waals surface area contributed by atoms with Crippen LogP contribution in [0.2, 0.25) is 0 Å². The molecule has 1 N–H and O–H groups in total. The van der Waals surface area contributed by atoms with Crippen LogP contribution < -0.4 is 10.2 Å². The van der Waals surface area contributed by atoms with Crippen LogP contribution in [0.4, 0.5) is 5.69 Å². The van der Waals surface area contributed by atoms with Gasteiger partial charge in [0.15, 0.2) is 0 Å². The molecule has 150 valence electrons. The Morgan fingerprint density at radius 2 is 1.83 bits per heavy atom. The van der Waals surface area contributed by atoms with Crippen LogP contribution >= 0.6 is 0 Å². The van der Waals surface area contributed by atoms with E-state index < -0.39 is 12.1 Å². The molecule has 2 aromatic carbocycles. The zero-order valence-corrected chi connectivity index (χ0v) is 16.5. The number of benzodiazepines with no additional fused rings is 1. The number of aliphatic imine (C=N–C) groups is 1. The second kappa shape index (κ2) is 9.78. The highest BCUT2D eigenvalue weighted by atomic mass is 16.2. The van der Waals surface area contributed by atoms with Gasteiger partial charge in [-0.25, -0.2) is 4.99 Å². The first-order chi connectivity index (χ1) is 14.2. The van der Waals surface area contributed by atoms with E-state index in [2.05, 4.69) is 17.2 Å². The molecule has 3 rings (SSSR count). The third-order valence-corrected chi connectivity index (χ3v) is 4.82. The number of para-hydroxylation sites is 1. The molecule has 1 atom stereocenters. The van der Waals surface area contributed by atoms with Gasteiger partial charge in [0.25, 0.3) is 5.91 Å². The van der Waals surface area contributed by atoms with E-state index in [1.807, 2.05) is 48.5 Å². The molecule has 1 aliphatic rings. The molecule has 2 aromatic rings. The molecule has 0 saturated carbocycles. The van der Waals surface area contributed by atoms with Gasteiger partial charge in [0.2, 0.25) is 12.1 Å². The SMILES string of the molecule is CCCCCC(=O)NC1N=C(c2ccccc2)c2ccccc2N(CC=O)C1=O. The fourth-order valence-corrected chi connectivity index (χ4v) is 3.37. The first-order valence-corrected chi connectivity index (χ1v) is 9.92. The van der Waals surface area contributed by atoms with Crippen molar-refractivity contribution in [2.75, 3.05) is 11.4 Å². The number of amides is 2. The molecule has 6 nitrogen and oxygen atoms in total. The van der Waals surface area contributed by atoms with Crippen molar-refractivity contribution in [2.24, 2.45) is 4.99 Å². The van der Waals surface area contributed by atoms with E-state index >= 15 is 0 Å². The van der Waals surface area contributed by atoms with Crippen molar-refractivity contribution in [2.45, 2.75) is 38.8 Å². The summed E-state index contributed by atoms with van der Waals surface area (Å²) >= 11 is 0. The fourth-order valence-electron chi connectivity index (χ4n) is 3.37. The van der Waals surface area contributed by atoms with Gasteiger partial charge in [-0.15, -0.1) is 0 Å². The van der Waals surface area contributed by atoms with Crippen molar-refractivity contribution in [1.29, 1.82) is 0 Å². The second-order valence-corrected chi connectivity index (χ2v) is 6.90. The lowest BCUT2D eigenvalue weighted by atomic mass is 10.0. The largest absolute Gasteiger partial charge is 0.327 e. The van der Waals surface area contributed by atoms with Crippen molar-refractivity contribution in [1.82, 2.24) is 5.32 Å². The van der Waals surface area contributed by atoms with Gasteiger partial charge in [-0.3, -0.25) is 9.59 Å². The lowest BCUT2D eigenvalue weighted by molar-refractivity contribution is -0.127. The number of benzene rings is 2. The topological polar surface area (TPSA) is 78.8 Å². The number of aldehydes is 1. The molecule has 0 bridgehead atoms. The number of hydrogen-bond donors (Lipinski definition) is 1. The smallest absolute Gasteiger partial charge is 0.272 e. The predicted molar refractivity (Wildman–Crippen MR) is 113 cm³/mol. The summed E-state index contributed by atoms with van der Waals surface area (Å²) in [6.07, 6.45) is 2.67. The number of carbonyl (C=O) groups excluding carboxylic acids is 3. The molecule has 1 aliphatic heterocycles. The number of unbranched alkanes of at least 4 members (excludes halogenated alkanes) is 2. The molecule has 0 fully saturated rings. The molecule has 0 saturated heterocycles. The van der Waals surface area contributed by atoms with Gasteiger partial charge in [0.05, 0.1) is 17.9 Å². The van der Waals surface area contributed by atoms with E-state index in [1.165, 1.54) is 4.90 Å². The van der Waals surface area contributed by atoms with Crippen molar-refractivity contribution < 1.29 is 14.4 Å². The maximum Gasteiger partial charge on any atom is 0.272 e. The lowest BCUT2D eigenvalue weighted by Crippen LogP contribution is -2.48. The van der Waals surface area contributed by atoms with Gasteiger partial charge in [0, 0.05) is 17.5 Å². The van der Waals surface area contributed by atoms with Crippen LogP contribution in [-0.4, -0.2) is 36.5 Å². The predicted octanol–water partition coefficient (Wildman–Crippen LogP) is 3.09. The maximum atomic E-state index is 13.2. The zero-order valence-electron chi connectivity index (χ0n) is 16.5. The van der Waals surface area contributed by atoms with E-state index in [9.17, 15) is 14.4 Å². The molecule has 0 aliphatic carbocycles. The minimum absolute atomic E-state index is 0.102. The molecule has 29 heavy (non-hydrogen) atoms. The highest BCUT2D eigenvalue weighted by Gasteiger charge is 2.32. The Morgan fingerprint density at radius 1 is 1.10 bits per heavy atom. The van der Waals surface area contributed by atoms with Crippen LogP contribution in [0.3, 0.4) is 0 Å². The molecule has 0 aromatic heterocycles. The summed E-state index contributed by atoms with van der Waals surface area (Å²) in [5.41, 5.74) is 2.80. The van der Waals surface area contributed by atoms with Gasteiger partial charge >= 0.3 is 0 Å². The highest BCUT2D eigenvalue weighted by Crippen LogP contribution is 2.27. The summed E-state index contributed by atoms with van der Waals surface area (Å²) in [5, 5.41) is 2.76. The van der Waals surface area contributed by atoms with E-state index in [0.29, 0.717) is 24.1 Å². The normalized spacial score (nSPS) is 15.9. The molecular formula is C23H25N3O3. The van der Waals surface area contributed by atoms with Crippen molar-refractivity contribution >= 4 is 29.5 Å². The molecule has 2 amide bonds. The van der Waals surface area contributed by atoms with E-state index in [-0.39, 0.29) is 12.5 Å². The minimum Gasteiger partial charge on any atom is -0.327 e. The van der Waals surface area contributed by atoms with E-state index in [4.69, 9.17) is 0 Å². The first-order valence-electron chi connectivity index (χ1n) is 9.92. The van der Waals surface area contributed by atoms with Crippen LogP contribution in [0.5, 0.6) is 0 Å². The van der Waals surface area contributed by atoms with Crippen molar-refractivity contribution in [3.05, 3.63) is 65.7 Å². The molecule has 1 unspecified atom stereocenters. The monoisotopic (exact) mass is 391 g/mol. The number of rotatable bonds is 8. The molecule has 0 radical (unpaired) electrons. The third-order valence-electron chi connectivity index (χ3n) is 4.82. The Labute approximate surface area is 170 Å². The standard InChI is InChI=1S/C23H25N3O3/c1-2-3-5-14-20(28)24-22-23(29)26(15-16-27)19-13-9-8-12-18(19)21(25-22)17-10-6-4-7-11-17/h4,6-13,16,22H,2-3,5,14-15H2,1H3,(H,24,28). The van der Waals surface area contributed by atoms with Gasteiger partial charge < -0.3 is 15.0 Å². The summed E-state index contributed by atoms with van der Waals surface area (Å²) < 4.78 is 0. The summed E-state index contributed by atoms with van der Waals surface area (Å²) in [4.78, 5) is 42.9. The van der Waals surface area contributed by atoms with Gasteiger partial charge in [-0.1, -0.05) is 68.3 Å². The quantitative estimate of drug-likeness (QED) is 0.555. The van der Waals surface area contributed by atoms with E-state index in [0.717, 1.165) is 30.4 Å². The minimum atomic E-state index is -1.08. The summed E-state index contributed by atoms with van der Waals surface area (Å²) in [7, 11) is 0. The Balaban J connectivity index is 2.03. The molecule has 1 heterocycles. The fraction of sp³-hybridized carbons (Fsp3) is 0.304. The summed E-state index contributed by atoms with van der Waals surface area (Å²) in [6.45, 7) is 1.97. The Morgan fingerprint density at radius 3 is 2.55 bits per heavy atom. The second-order valence-electron chi connectivity index (χ2n) is 6.90. The molecule has 0 spiro atoms. The van der Waals surface area contributed by atoms with Crippen LogP contribution in [0, 0.1) is 0 Å². The van der Waals surface area contributed by atoms with Gasteiger partial charge in [0.1, 0.15) is 6.29 Å². The highest BCUT2D eigenvalue weighted by molar-refractivity contribution is 6.20. The number of anilines is 1. The van der Waals surface area contributed by atoms with Crippen molar-refractivity contribution in [3.63, 3.8) is 0 Å². The molecule has 6 heteroatoms. The van der Waals surface area contributed by atoms with Gasteiger partial charge in [-0.05, 0) is 12.5 Å². The summed E-state index contributed by atoms with van der Waals surface area (Å²) in [5.74, 6) is -0.635. The average molecular weight is 391 g/mol. The van der Waals surface area contributed by atoms with Gasteiger partial charge in [-0.2, -0.15) is 0 Å². The number of nitrogens with zero attached hydrogens (tertiary/aromatic N) is 2. The van der Waals surface area contributed by atoms with Crippen LogP contribution in [0.1, 0.15) is 43.7 Å². The summed E-state index contributed by atoms with van der Waals surface area (Å²) in [6, 6.07) is 16.9. The number of hydrogen-bond acceptors (Lipinski definition) is 4. The Hall–Kier alpha value is -3.28. The first kappa shape index (κ1) is 20.5. The van der Waals surface area contributed by atoms with E-state index in [1.54, 1.807) is 6.07 Å². The maximum absolute atomic E-state index is 13.2. The number of carbonyl (C=O) groups is 3.